The van der Waals surface area contributed by atoms with E-state index in [4.69, 9.17) is 4.52 Å². The fourth-order valence-corrected chi connectivity index (χ4v) is 1.83. The fraction of sp³-hybridized carbons (Fsp3) is 0.0769. The molecule has 0 N–H and O–H groups in total. The Kier molecular flexibility index (Phi) is 3.81. The SMILES string of the molecule is O=POCc1ccccc1-c1ccccc1. The minimum Gasteiger partial charge on any atom is -0.290 e. The van der Waals surface area contributed by atoms with Crippen LogP contribution in [0, 0.1) is 0 Å². The van der Waals surface area contributed by atoms with Crippen molar-refractivity contribution < 1.29 is 9.09 Å². The zero-order valence-electron chi connectivity index (χ0n) is 8.67. The van der Waals surface area contributed by atoms with E-state index in [1.165, 1.54) is 0 Å². The molecule has 2 nitrogen and oxygen atoms in total. The Morgan fingerprint density at radius 1 is 0.938 bits per heavy atom. The maximum Gasteiger partial charge on any atom is 0.327 e. The zero-order chi connectivity index (χ0) is 11.2. The highest BCUT2D eigenvalue weighted by atomic mass is 31.1. The average molecular weight is 230 g/mol. The zero-order valence-corrected chi connectivity index (χ0v) is 9.56. The van der Waals surface area contributed by atoms with Crippen LogP contribution >= 0.6 is 8.69 Å². The quantitative estimate of drug-likeness (QED) is 0.740. The molecule has 2 rings (SSSR count). The molecule has 0 saturated carbocycles. The molecule has 2 aromatic rings. The van der Waals surface area contributed by atoms with Crippen LogP contribution in [-0.2, 0) is 15.7 Å². The lowest BCUT2D eigenvalue weighted by atomic mass is 10.0. The molecule has 16 heavy (non-hydrogen) atoms. The Bertz CT molecular complexity index is 468. The minimum absolute atomic E-state index is 0.281. The molecule has 0 radical (unpaired) electrons. The van der Waals surface area contributed by atoms with Crippen LogP contribution in [0.2, 0.25) is 0 Å². The second-order valence-electron chi connectivity index (χ2n) is 3.37. The second-order valence-corrected chi connectivity index (χ2v) is 3.78. The highest BCUT2D eigenvalue weighted by molar-refractivity contribution is 7.17. The second kappa shape index (κ2) is 5.55. The van der Waals surface area contributed by atoms with Crippen LogP contribution in [0.15, 0.2) is 54.6 Å². The summed E-state index contributed by atoms with van der Waals surface area (Å²) in [6.45, 7) is 0.357. The molecule has 0 spiro atoms. The van der Waals surface area contributed by atoms with Gasteiger partial charge >= 0.3 is 8.69 Å². The van der Waals surface area contributed by atoms with E-state index < -0.39 is 0 Å². The molecule has 0 bridgehead atoms. The molecule has 0 aliphatic carbocycles. The van der Waals surface area contributed by atoms with Gasteiger partial charge in [-0.2, -0.15) is 0 Å². The summed E-state index contributed by atoms with van der Waals surface area (Å²) in [4.78, 5) is 0. The molecule has 0 heterocycles. The first-order valence-electron chi connectivity index (χ1n) is 5.00. The van der Waals surface area contributed by atoms with E-state index in [0.29, 0.717) is 6.61 Å². The Hall–Kier alpha value is -1.50. The molecule has 0 saturated heterocycles. The molecular weight excluding hydrogens is 219 g/mol. The van der Waals surface area contributed by atoms with Crippen molar-refractivity contribution in [1.82, 2.24) is 0 Å². The van der Waals surface area contributed by atoms with Crippen LogP contribution in [0.1, 0.15) is 5.56 Å². The first kappa shape index (κ1) is 11.0. The van der Waals surface area contributed by atoms with Gasteiger partial charge in [0.2, 0.25) is 0 Å². The third-order valence-corrected chi connectivity index (χ3v) is 2.61. The van der Waals surface area contributed by atoms with Crippen LogP contribution in [0.5, 0.6) is 0 Å². The summed E-state index contributed by atoms with van der Waals surface area (Å²) in [7, 11) is -0.281. The van der Waals surface area contributed by atoms with Gasteiger partial charge < -0.3 is 0 Å². The largest absolute Gasteiger partial charge is 0.327 e. The molecule has 0 unspecified atom stereocenters. The van der Waals surface area contributed by atoms with E-state index in [9.17, 15) is 4.57 Å². The molecule has 0 fully saturated rings. The van der Waals surface area contributed by atoms with Crippen LogP contribution in [0.25, 0.3) is 11.1 Å². The standard InChI is InChI=1S/C13H11O2P/c14-16-15-10-12-8-4-5-9-13(12)11-6-2-1-3-7-11/h1-9H,10H2. The average Bonchev–Trinajstić information content (AvgIpc) is 2.38. The van der Waals surface area contributed by atoms with Crippen molar-refractivity contribution in [3.05, 3.63) is 60.2 Å². The third kappa shape index (κ3) is 2.54. The van der Waals surface area contributed by atoms with Gasteiger partial charge in [0.15, 0.2) is 0 Å². The van der Waals surface area contributed by atoms with E-state index in [-0.39, 0.29) is 8.69 Å². The molecule has 0 atom stereocenters. The molecule has 0 aromatic heterocycles. The number of hydrogen-bond acceptors (Lipinski definition) is 2. The number of benzene rings is 2. The number of hydrogen-bond donors (Lipinski definition) is 0. The van der Waals surface area contributed by atoms with Crippen LogP contribution in [0.4, 0.5) is 0 Å². The van der Waals surface area contributed by atoms with Gasteiger partial charge in [0.25, 0.3) is 0 Å². The van der Waals surface area contributed by atoms with Crippen molar-refractivity contribution in [3.8, 4) is 11.1 Å². The van der Waals surface area contributed by atoms with E-state index in [1.54, 1.807) is 0 Å². The van der Waals surface area contributed by atoms with Crippen molar-refractivity contribution in [2.24, 2.45) is 0 Å². The van der Waals surface area contributed by atoms with Gasteiger partial charge in [0.1, 0.15) is 0 Å². The van der Waals surface area contributed by atoms with Gasteiger partial charge in [-0.25, -0.2) is 4.57 Å². The maximum absolute atomic E-state index is 10.3. The van der Waals surface area contributed by atoms with Crippen molar-refractivity contribution >= 4 is 8.69 Å². The van der Waals surface area contributed by atoms with E-state index >= 15 is 0 Å². The first-order chi connectivity index (χ1) is 7.92. The van der Waals surface area contributed by atoms with Crippen molar-refractivity contribution in [2.75, 3.05) is 0 Å². The van der Waals surface area contributed by atoms with Crippen molar-refractivity contribution in [3.63, 3.8) is 0 Å². The lowest BCUT2D eigenvalue weighted by Gasteiger charge is -2.07. The van der Waals surface area contributed by atoms with Gasteiger partial charge in [-0.05, 0) is 16.7 Å². The third-order valence-electron chi connectivity index (χ3n) is 2.37. The predicted molar refractivity (Wildman–Crippen MR) is 64.3 cm³/mol. The molecule has 0 aliphatic heterocycles. The van der Waals surface area contributed by atoms with Crippen LogP contribution in [0.3, 0.4) is 0 Å². The number of rotatable bonds is 4. The van der Waals surface area contributed by atoms with E-state index in [1.807, 2.05) is 54.6 Å². The van der Waals surface area contributed by atoms with Gasteiger partial charge in [0, 0.05) is 0 Å². The van der Waals surface area contributed by atoms with Gasteiger partial charge in [-0.15, -0.1) is 0 Å². The normalized spacial score (nSPS) is 10.5. The van der Waals surface area contributed by atoms with Gasteiger partial charge in [0.05, 0.1) is 6.61 Å². The smallest absolute Gasteiger partial charge is 0.290 e. The first-order valence-corrected chi connectivity index (χ1v) is 5.73. The molecule has 3 heteroatoms. The Morgan fingerprint density at radius 3 is 2.38 bits per heavy atom. The summed E-state index contributed by atoms with van der Waals surface area (Å²) in [5.41, 5.74) is 3.30. The highest BCUT2D eigenvalue weighted by Gasteiger charge is 2.03. The van der Waals surface area contributed by atoms with Gasteiger partial charge in [-0.3, -0.25) is 4.52 Å². The molecule has 0 amide bonds. The fourth-order valence-electron chi connectivity index (χ4n) is 1.64. The summed E-state index contributed by atoms with van der Waals surface area (Å²) in [5.74, 6) is 0. The molecule has 0 aliphatic rings. The summed E-state index contributed by atoms with van der Waals surface area (Å²) in [5, 5.41) is 0. The minimum atomic E-state index is -0.281. The lowest BCUT2D eigenvalue weighted by Crippen LogP contribution is -1.89. The summed E-state index contributed by atoms with van der Waals surface area (Å²) >= 11 is 0. The van der Waals surface area contributed by atoms with Crippen LogP contribution in [-0.4, -0.2) is 0 Å². The highest BCUT2D eigenvalue weighted by Crippen LogP contribution is 2.24. The monoisotopic (exact) mass is 230 g/mol. The Morgan fingerprint density at radius 2 is 1.62 bits per heavy atom. The lowest BCUT2D eigenvalue weighted by molar-refractivity contribution is 0.333. The van der Waals surface area contributed by atoms with Crippen LogP contribution < -0.4 is 0 Å². The Labute approximate surface area is 96.2 Å². The molecule has 2 aromatic carbocycles. The summed E-state index contributed by atoms with van der Waals surface area (Å²) in [6.07, 6.45) is 0. The molecular formula is C13H11O2P. The molecule has 80 valence electrons. The predicted octanol–water partition coefficient (Wildman–Crippen LogP) is 4.08. The van der Waals surface area contributed by atoms with Gasteiger partial charge in [-0.1, -0.05) is 54.6 Å². The summed E-state index contributed by atoms with van der Waals surface area (Å²) in [6, 6.07) is 18.0. The Balaban J connectivity index is 2.36. The van der Waals surface area contributed by atoms with E-state index in [2.05, 4.69) is 0 Å². The van der Waals surface area contributed by atoms with E-state index in [0.717, 1.165) is 16.7 Å². The van der Waals surface area contributed by atoms with Crippen molar-refractivity contribution in [2.45, 2.75) is 6.61 Å². The van der Waals surface area contributed by atoms with Crippen molar-refractivity contribution in [1.29, 1.82) is 0 Å². The topological polar surface area (TPSA) is 26.3 Å². The maximum atomic E-state index is 10.3. The summed E-state index contributed by atoms with van der Waals surface area (Å²) < 4.78 is 15.2.